The van der Waals surface area contributed by atoms with E-state index in [4.69, 9.17) is 0 Å². The molecule has 0 spiro atoms. The topological polar surface area (TPSA) is 49.4 Å². The van der Waals surface area contributed by atoms with Crippen LogP contribution in [-0.4, -0.2) is 46.3 Å². The normalized spacial score (nSPS) is 31.2. The Bertz CT molecular complexity index is 400. The standard InChI is InChI=1S/C16H28N2O2S/c1-5-12-14(19)17-13(16(2,3)4)15(20)18(12)10-11-8-6-7-9-21-11/h11-13H,5-10H2,1-4H3,(H,17,19). The van der Waals surface area contributed by atoms with E-state index in [1.807, 2.05) is 44.4 Å². The molecule has 3 atom stereocenters. The summed E-state index contributed by atoms with van der Waals surface area (Å²) in [6, 6.07) is -0.694. The summed E-state index contributed by atoms with van der Waals surface area (Å²) in [7, 11) is 0. The quantitative estimate of drug-likeness (QED) is 0.871. The monoisotopic (exact) mass is 312 g/mol. The summed E-state index contributed by atoms with van der Waals surface area (Å²) in [6.45, 7) is 8.74. The predicted octanol–water partition coefficient (Wildman–Crippen LogP) is 2.42. The van der Waals surface area contributed by atoms with Gasteiger partial charge in [-0.25, -0.2) is 0 Å². The minimum Gasteiger partial charge on any atom is -0.342 e. The number of nitrogens with zero attached hydrogens (tertiary/aromatic N) is 1. The van der Waals surface area contributed by atoms with Crippen LogP contribution in [0.5, 0.6) is 0 Å². The molecule has 1 N–H and O–H groups in total. The highest BCUT2D eigenvalue weighted by atomic mass is 32.2. The molecule has 120 valence electrons. The number of amides is 2. The molecule has 2 heterocycles. The lowest BCUT2D eigenvalue weighted by atomic mass is 9.83. The summed E-state index contributed by atoms with van der Waals surface area (Å²) in [6.07, 6.45) is 4.36. The molecule has 0 bridgehead atoms. The lowest BCUT2D eigenvalue weighted by Gasteiger charge is -2.44. The van der Waals surface area contributed by atoms with Crippen molar-refractivity contribution in [3.8, 4) is 0 Å². The van der Waals surface area contributed by atoms with Gasteiger partial charge in [-0.2, -0.15) is 11.8 Å². The molecule has 3 unspecified atom stereocenters. The molecular weight excluding hydrogens is 284 g/mol. The number of hydrogen-bond donors (Lipinski definition) is 1. The number of carbonyl (C=O) groups is 2. The van der Waals surface area contributed by atoms with Crippen LogP contribution in [0.4, 0.5) is 0 Å². The predicted molar refractivity (Wildman–Crippen MR) is 87.3 cm³/mol. The third-order valence-electron chi connectivity index (χ3n) is 4.42. The van der Waals surface area contributed by atoms with E-state index in [9.17, 15) is 9.59 Å². The van der Waals surface area contributed by atoms with Crippen molar-refractivity contribution in [3.05, 3.63) is 0 Å². The van der Waals surface area contributed by atoms with E-state index < -0.39 is 6.04 Å². The van der Waals surface area contributed by atoms with E-state index >= 15 is 0 Å². The molecule has 0 saturated carbocycles. The SMILES string of the molecule is CCC1C(=O)NC(C(C)(C)C)C(=O)N1CC1CCCCS1. The third kappa shape index (κ3) is 3.74. The first-order valence-corrected chi connectivity index (χ1v) is 9.12. The first-order chi connectivity index (χ1) is 9.84. The van der Waals surface area contributed by atoms with Crippen LogP contribution in [0.2, 0.25) is 0 Å². The second kappa shape index (κ2) is 6.59. The molecule has 0 aliphatic carbocycles. The van der Waals surface area contributed by atoms with E-state index in [0.29, 0.717) is 11.7 Å². The van der Waals surface area contributed by atoms with Gasteiger partial charge >= 0.3 is 0 Å². The van der Waals surface area contributed by atoms with Gasteiger partial charge in [-0.1, -0.05) is 34.1 Å². The summed E-state index contributed by atoms with van der Waals surface area (Å²) < 4.78 is 0. The van der Waals surface area contributed by atoms with Crippen molar-refractivity contribution in [2.24, 2.45) is 5.41 Å². The molecule has 2 aliphatic rings. The molecule has 2 fully saturated rings. The maximum atomic E-state index is 12.9. The highest BCUT2D eigenvalue weighted by Crippen LogP contribution is 2.30. The molecule has 2 amide bonds. The van der Waals surface area contributed by atoms with Crippen LogP contribution in [-0.2, 0) is 9.59 Å². The molecule has 0 aromatic carbocycles. The Kier molecular flexibility index (Phi) is 5.23. The van der Waals surface area contributed by atoms with Crippen molar-refractivity contribution in [2.75, 3.05) is 12.3 Å². The van der Waals surface area contributed by atoms with Crippen LogP contribution >= 0.6 is 11.8 Å². The Morgan fingerprint density at radius 1 is 1.29 bits per heavy atom. The molecule has 4 nitrogen and oxygen atoms in total. The van der Waals surface area contributed by atoms with Gasteiger partial charge in [0.2, 0.25) is 11.8 Å². The molecule has 0 aromatic rings. The second-order valence-electron chi connectivity index (χ2n) is 7.21. The Labute approximate surface area is 132 Å². The number of rotatable bonds is 3. The average molecular weight is 312 g/mol. The van der Waals surface area contributed by atoms with Gasteiger partial charge in [-0.3, -0.25) is 9.59 Å². The van der Waals surface area contributed by atoms with Crippen LogP contribution < -0.4 is 5.32 Å². The summed E-state index contributed by atoms with van der Waals surface area (Å²) in [4.78, 5) is 27.1. The Morgan fingerprint density at radius 3 is 2.52 bits per heavy atom. The van der Waals surface area contributed by atoms with Gasteiger partial charge in [0.1, 0.15) is 12.1 Å². The summed E-state index contributed by atoms with van der Waals surface area (Å²) in [5.41, 5.74) is -0.247. The van der Waals surface area contributed by atoms with Gasteiger partial charge < -0.3 is 10.2 Å². The minimum absolute atomic E-state index is 0.0119. The van der Waals surface area contributed by atoms with Gasteiger partial charge in [-0.15, -0.1) is 0 Å². The average Bonchev–Trinajstić information content (AvgIpc) is 2.42. The number of carbonyl (C=O) groups excluding carboxylic acids is 2. The molecule has 2 saturated heterocycles. The van der Waals surface area contributed by atoms with Gasteiger partial charge in [-0.05, 0) is 30.4 Å². The van der Waals surface area contributed by atoms with Crippen LogP contribution in [0, 0.1) is 5.41 Å². The minimum atomic E-state index is -0.401. The fourth-order valence-electron chi connectivity index (χ4n) is 3.14. The van der Waals surface area contributed by atoms with Crippen molar-refractivity contribution < 1.29 is 9.59 Å². The van der Waals surface area contributed by atoms with Gasteiger partial charge in [0.15, 0.2) is 0 Å². The Morgan fingerprint density at radius 2 is 2.00 bits per heavy atom. The van der Waals surface area contributed by atoms with Crippen molar-refractivity contribution in [1.29, 1.82) is 0 Å². The lowest BCUT2D eigenvalue weighted by Crippen LogP contribution is -2.67. The molecule has 5 heteroatoms. The van der Waals surface area contributed by atoms with Gasteiger partial charge in [0.25, 0.3) is 0 Å². The first-order valence-electron chi connectivity index (χ1n) is 8.07. The number of nitrogens with one attached hydrogen (secondary N) is 1. The zero-order valence-electron chi connectivity index (χ0n) is 13.6. The fraction of sp³-hybridized carbons (Fsp3) is 0.875. The first kappa shape index (κ1) is 16.7. The zero-order chi connectivity index (χ0) is 15.6. The molecule has 0 aromatic heterocycles. The van der Waals surface area contributed by atoms with E-state index in [-0.39, 0.29) is 23.3 Å². The Balaban J connectivity index is 2.16. The highest BCUT2D eigenvalue weighted by molar-refractivity contribution is 7.99. The molecular formula is C16H28N2O2S. The molecule has 21 heavy (non-hydrogen) atoms. The summed E-state index contributed by atoms with van der Waals surface area (Å²) in [5, 5.41) is 3.43. The number of thioether (sulfide) groups is 1. The number of hydrogen-bond acceptors (Lipinski definition) is 3. The number of piperazine rings is 1. The zero-order valence-corrected chi connectivity index (χ0v) is 14.5. The second-order valence-corrected chi connectivity index (χ2v) is 8.62. The van der Waals surface area contributed by atoms with Crippen molar-refractivity contribution in [1.82, 2.24) is 10.2 Å². The van der Waals surface area contributed by atoms with Crippen LogP contribution in [0.25, 0.3) is 0 Å². The molecule has 2 aliphatic heterocycles. The van der Waals surface area contributed by atoms with Crippen LogP contribution in [0.1, 0.15) is 53.4 Å². The van der Waals surface area contributed by atoms with E-state index in [1.54, 1.807) is 0 Å². The summed E-state index contributed by atoms with van der Waals surface area (Å²) >= 11 is 1.96. The van der Waals surface area contributed by atoms with E-state index in [1.165, 1.54) is 18.6 Å². The van der Waals surface area contributed by atoms with Crippen molar-refractivity contribution in [3.63, 3.8) is 0 Å². The lowest BCUT2D eigenvalue weighted by molar-refractivity contribution is -0.152. The molecule has 0 radical (unpaired) electrons. The van der Waals surface area contributed by atoms with Crippen LogP contribution in [0.3, 0.4) is 0 Å². The largest absolute Gasteiger partial charge is 0.342 e. The smallest absolute Gasteiger partial charge is 0.246 e. The maximum absolute atomic E-state index is 12.9. The Hall–Kier alpha value is -0.710. The fourth-order valence-corrected chi connectivity index (χ4v) is 4.45. The van der Waals surface area contributed by atoms with Gasteiger partial charge in [0, 0.05) is 11.8 Å². The molecule has 2 rings (SSSR count). The van der Waals surface area contributed by atoms with E-state index in [0.717, 1.165) is 13.0 Å². The van der Waals surface area contributed by atoms with Crippen LogP contribution in [0.15, 0.2) is 0 Å². The highest BCUT2D eigenvalue weighted by Gasteiger charge is 2.45. The van der Waals surface area contributed by atoms with Crippen molar-refractivity contribution in [2.45, 2.75) is 70.7 Å². The van der Waals surface area contributed by atoms with Crippen molar-refractivity contribution >= 4 is 23.6 Å². The maximum Gasteiger partial charge on any atom is 0.246 e. The van der Waals surface area contributed by atoms with Gasteiger partial charge in [0.05, 0.1) is 0 Å². The third-order valence-corrected chi connectivity index (χ3v) is 5.80. The van der Waals surface area contributed by atoms with E-state index in [2.05, 4.69) is 5.32 Å². The summed E-state index contributed by atoms with van der Waals surface area (Å²) in [5.74, 6) is 1.29.